The summed E-state index contributed by atoms with van der Waals surface area (Å²) < 4.78 is 0. The van der Waals surface area contributed by atoms with Crippen molar-refractivity contribution in [3.05, 3.63) is 35.9 Å². The highest BCUT2D eigenvalue weighted by atomic mass is 14.9. The van der Waals surface area contributed by atoms with Gasteiger partial charge >= 0.3 is 0 Å². The van der Waals surface area contributed by atoms with Crippen LogP contribution in [0.25, 0.3) is 0 Å². The van der Waals surface area contributed by atoms with E-state index < -0.39 is 0 Å². The molecule has 90 valence electrons. The smallest absolute Gasteiger partial charge is 0.0628 e. The molecule has 2 heteroatoms. The molecule has 0 amide bonds. The Labute approximate surface area is 104 Å². The number of benzene rings is 1. The molecule has 1 fully saturated rings. The highest BCUT2D eigenvalue weighted by Crippen LogP contribution is 2.47. The molecule has 0 heterocycles. The average molecular weight is 228 g/mol. The van der Waals surface area contributed by atoms with Crippen LogP contribution in [-0.4, -0.2) is 13.1 Å². The second-order valence-electron chi connectivity index (χ2n) is 5.10. The van der Waals surface area contributed by atoms with Crippen LogP contribution in [0.15, 0.2) is 30.3 Å². The summed E-state index contributed by atoms with van der Waals surface area (Å²) in [6.45, 7) is 2.08. The van der Waals surface area contributed by atoms with Crippen LogP contribution in [0.4, 0.5) is 0 Å². The zero-order valence-electron chi connectivity index (χ0n) is 10.3. The minimum Gasteiger partial charge on any atom is -0.316 e. The van der Waals surface area contributed by atoms with Crippen LogP contribution in [0.2, 0.25) is 0 Å². The van der Waals surface area contributed by atoms with Crippen molar-refractivity contribution in [1.82, 2.24) is 5.32 Å². The Bertz CT molecular complexity index is 374. The van der Waals surface area contributed by atoms with Crippen molar-refractivity contribution in [2.75, 3.05) is 13.1 Å². The van der Waals surface area contributed by atoms with Crippen molar-refractivity contribution < 1.29 is 0 Å². The number of nitrogens with zero attached hydrogens (tertiary/aromatic N) is 1. The fourth-order valence-corrected chi connectivity index (χ4v) is 2.18. The quantitative estimate of drug-likeness (QED) is 0.728. The molecule has 1 aromatic carbocycles. The summed E-state index contributed by atoms with van der Waals surface area (Å²) in [7, 11) is 0. The van der Waals surface area contributed by atoms with E-state index in [9.17, 15) is 0 Å². The van der Waals surface area contributed by atoms with E-state index in [-0.39, 0.29) is 0 Å². The normalized spacial score (nSPS) is 16.4. The van der Waals surface area contributed by atoms with Gasteiger partial charge in [0.1, 0.15) is 0 Å². The maximum absolute atomic E-state index is 8.72. The molecular weight excluding hydrogens is 208 g/mol. The average Bonchev–Trinajstić information content (AvgIpc) is 3.11. The maximum atomic E-state index is 8.72. The Hall–Kier alpha value is -1.33. The Morgan fingerprint density at radius 2 is 2.00 bits per heavy atom. The Balaban J connectivity index is 1.57. The van der Waals surface area contributed by atoms with E-state index in [0.717, 1.165) is 25.9 Å². The lowest BCUT2D eigenvalue weighted by Crippen LogP contribution is -2.25. The van der Waals surface area contributed by atoms with E-state index >= 15 is 0 Å². The van der Waals surface area contributed by atoms with Gasteiger partial charge in [0.2, 0.25) is 0 Å². The lowest BCUT2D eigenvalue weighted by molar-refractivity contribution is 0.464. The molecule has 17 heavy (non-hydrogen) atoms. The Kier molecular flexibility index (Phi) is 4.17. The molecule has 0 atom stereocenters. The lowest BCUT2D eigenvalue weighted by Gasteiger charge is -2.11. The van der Waals surface area contributed by atoms with E-state index in [2.05, 4.69) is 41.7 Å². The summed E-state index contributed by atoms with van der Waals surface area (Å²) in [6, 6.07) is 12.9. The third kappa shape index (κ3) is 3.87. The molecule has 0 radical (unpaired) electrons. The first-order valence-electron chi connectivity index (χ1n) is 6.46. The van der Waals surface area contributed by atoms with Gasteiger partial charge < -0.3 is 5.32 Å². The lowest BCUT2D eigenvalue weighted by atomic mass is 10.0. The van der Waals surface area contributed by atoms with Gasteiger partial charge in [0.25, 0.3) is 0 Å². The molecule has 0 aromatic heterocycles. The summed E-state index contributed by atoms with van der Waals surface area (Å²) in [5, 5.41) is 12.2. The van der Waals surface area contributed by atoms with E-state index in [1.807, 2.05) is 0 Å². The van der Waals surface area contributed by atoms with Crippen LogP contribution < -0.4 is 5.32 Å². The van der Waals surface area contributed by atoms with Crippen LogP contribution >= 0.6 is 0 Å². The Morgan fingerprint density at radius 1 is 1.24 bits per heavy atom. The van der Waals surface area contributed by atoms with Gasteiger partial charge in [-0.3, -0.25) is 0 Å². The highest BCUT2D eigenvalue weighted by molar-refractivity contribution is 5.14. The first-order chi connectivity index (χ1) is 8.35. The van der Waals surface area contributed by atoms with Gasteiger partial charge in [-0.15, -0.1) is 0 Å². The van der Waals surface area contributed by atoms with E-state index in [4.69, 9.17) is 5.26 Å². The van der Waals surface area contributed by atoms with Crippen molar-refractivity contribution in [2.24, 2.45) is 5.41 Å². The van der Waals surface area contributed by atoms with E-state index in [0.29, 0.717) is 5.41 Å². The highest BCUT2D eigenvalue weighted by Gasteiger charge is 2.41. The number of hydrogen-bond acceptors (Lipinski definition) is 2. The second-order valence-corrected chi connectivity index (χ2v) is 5.10. The number of hydrogen-bond donors (Lipinski definition) is 1. The molecule has 0 spiro atoms. The molecule has 1 aromatic rings. The second kappa shape index (κ2) is 5.84. The van der Waals surface area contributed by atoms with Crippen LogP contribution in [0.1, 0.15) is 31.2 Å². The third-order valence-electron chi connectivity index (χ3n) is 3.57. The van der Waals surface area contributed by atoms with Crippen LogP contribution in [0.3, 0.4) is 0 Å². The van der Waals surface area contributed by atoms with Crippen molar-refractivity contribution in [1.29, 1.82) is 5.26 Å². The molecular formula is C15H20N2. The molecule has 1 saturated carbocycles. The monoisotopic (exact) mass is 228 g/mol. The Morgan fingerprint density at radius 3 is 2.65 bits per heavy atom. The predicted molar refractivity (Wildman–Crippen MR) is 69.5 cm³/mol. The topological polar surface area (TPSA) is 35.8 Å². The van der Waals surface area contributed by atoms with Gasteiger partial charge in [0.15, 0.2) is 0 Å². The van der Waals surface area contributed by atoms with Crippen molar-refractivity contribution in [3.63, 3.8) is 0 Å². The minimum absolute atomic E-state index is 0.335. The zero-order valence-corrected chi connectivity index (χ0v) is 10.3. The van der Waals surface area contributed by atoms with Gasteiger partial charge in [-0.1, -0.05) is 30.3 Å². The molecule has 0 saturated heterocycles. The molecule has 0 unspecified atom stereocenters. The number of rotatable bonds is 7. The first kappa shape index (κ1) is 12.1. The summed E-state index contributed by atoms with van der Waals surface area (Å²) in [4.78, 5) is 0. The van der Waals surface area contributed by atoms with Gasteiger partial charge in [-0.05, 0) is 43.2 Å². The fourth-order valence-electron chi connectivity index (χ4n) is 2.18. The largest absolute Gasteiger partial charge is 0.316 e. The third-order valence-corrected chi connectivity index (χ3v) is 3.57. The molecule has 1 aliphatic rings. The minimum atomic E-state index is 0.335. The standard InChI is InChI=1S/C15H20N2/c16-11-10-15(8-9-15)13-17-12-4-7-14-5-2-1-3-6-14/h1-3,5-6,17H,4,7-10,12-13H2. The number of nitriles is 1. The molecule has 1 N–H and O–H groups in total. The first-order valence-corrected chi connectivity index (χ1v) is 6.46. The zero-order chi connectivity index (χ0) is 12.0. The molecule has 2 rings (SSSR count). The van der Waals surface area contributed by atoms with E-state index in [1.54, 1.807) is 0 Å². The van der Waals surface area contributed by atoms with Crippen LogP contribution in [0.5, 0.6) is 0 Å². The van der Waals surface area contributed by atoms with Crippen molar-refractivity contribution in [2.45, 2.75) is 32.1 Å². The molecule has 2 nitrogen and oxygen atoms in total. The fraction of sp³-hybridized carbons (Fsp3) is 0.533. The summed E-state index contributed by atoms with van der Waals surface area (Å²) in [5.41, 5.74) is 1.74. The molecule has 0 aliphatic heterocycles. The molecule has 1 aliphatic carbocycles. The number of aryl methyl sites for hydroxylation is 1. The van der Waals surface area contributed by atoms with Crippen molar-refractivity contribution in [3.8, 4) is 6.07 Å². The van der Waals surface area contributed by atoms with Crippen LogP contribution in [0, 0.1) is 16.7 Å². The van der Waals surface area contributed by atoms with Gasteiger partial charge in [-0.25, -0.2) is 0 Å². The summed E-state index contributed by atoms with van der Waals surface area (Å²) >= 11 is 0. The summed E-state index contributed by atoms with van der Waals surface area (Å²) in [6.07, 6.45) is 5.49. The van der Waals surface area contributed by atoms with Crippen molar-refractivity contribution >= 4 is 0 Å². The molecule has 0 bridgehead atoms. The van der Waals surface area contributed by atoms with Gasteiger partial charge in [0.05, 0.1) is 6.07 Å². The van der Waals surface area contributed by atoms with E-state index in [1.165, 1.54) is 24.8 Å². The SMILES string of the molecule is N#CCC1(CNCCCc2ccccc2)CC1. The van der Waals surface area contributed by atoms with Gasteiger partial charge in [0, 0.05) is 13.0 Å². The van der Waals surface area contributed by atoms with Gasteiger partial charge in [-0.2, -0.15) is 5.26 Å². The summed E-state index contributed by atoms with van der Waals surface area (Å²) in [5.74, 6) is 0. The van der Waals surface area contributed by atoms with Crippen LogP contribution in [-0.2, 0) is 6.42 Å². The predicted octanol–water partition coefficient (Wildman–Crippen LogP) is 2.90. The number of nitrogens with one attached hydrogen (secondary N) is 1. The maximum Gasteiger partial charge on any atom is 0.0628 e.